The molecule has 1 heteroatoms. The zero-order valence-electron chi connectivity index (χ0n) is 9.67. The van der Waals surface area contributed by atoms with Crippen molar-refractivity contribution in [1.82, 2.24) is 0 Å². The number of ether oxygens (including phenoxy) is 1. The lowest BCUT2D eigenvalue weighted by molar-refractivity contribution is 0.0227. The predicted octanol–water partition coefficient (Wildman–Crippen LogP) is 3.94. The van der Waals surface area contributed by atoms with Crippen molar-refractivity contribution in [2.75, 3.05) is 6.61 Å². The van der Waals surface area contributed by atoms with E-state index in [1.165, 1.54) is 38.5 Å². The van der Waals surface area contributed by atoms with Crippen LogP contribution in [0.15, 0.2) is 12.2 Å². The second-order valence-corrected chi connectivity index (χ2v) is 4.25. The molecule has 2 atom stereocenters. The Labute approximate surface area is 88.5 Å². The third-order valence-corrected chi connectivity index (χ3v) is 3.00. The first-order chi connectivity index (χ1) is 6.88. The fourth-order valence-corrected chi connectivity index (χ4v) is 2.08. The predicted molar refractivity (Wildman–Crippen MR) is 61.4 cm³/mol. The lowest BCUT2D eigenvalue weighted by Crippen LogP contribution is -2.26. The van der Waals surface area contributed by atoms with Gasteiger partial charge in [0.25, 0.3) is 0 Å². The average molecular weight is 196 g/mol. The van der Waals surface area contributed by atoms with E-state index in [-0.39, 0.29) is 0 Å². The molecular weight excluding hydrogens is 172 g/mol. The third-order valence-electron chi connectivity index (χ3n) is 3.00. The molecule has 0 aromatic carbocycles. The second kappa shape index (κ2) is 7.05. The van der Waals surface area contributed by atoms with E-state index >= 15 is 0 Å². The van der Waals surface area contributed by atoms with Crippen LogP contribution in [0, 0.1) is 5.92 Å². The molecule has 14 heavy (non-hydrogen) atoms. The van der Waals surface area contributed by atoms with Crippen molar-refractivity contribution in [3.8, 4) is 0 Å². The van der Waals surface area contributed by atoms with Gasteiger partial charge in [-0.15, -0.1) is 0 Å². The molecule has 1 aliphatic heterocycles. The molecule has 0 saturated heterocycles. The molecule has 0 aromatic heterocycles. The highest BCUT2D eigenvalue weighted by atomic mass is 16.5. The van der Waals surface area contributed by atoms with E-state index in [1.54, 1.807) is 0 Å². The zero-order chi connectivity index (χ0) is 10.2. The van der Waals surface area contributed by atoms with E-state index in [9.17, 15) is 0 Å². The van der Waals surface area contributed by atoms with Gasteiger partial charge in [0.1, 0.15) is 0 Å². The molecule has 0 amide bonds. The molecule has 1 rings (SSSR count). The topological polar surface area (TPSA) is 9.23 Å². The summed E-state index contributed by atoms with van der Waals surface area (Å²) in [4.78, 5) is 0. The molecule has 0 spiro atoms. The first-order valence-electron chi connectivity index (χ1n) is 6.16. The average Bonchev–Trinajstić information content (AvgIpc) is 2.24. The Kier molecular flexibility index (Phi) is 5.93. The van der Waals surface area contributed by atoms with Crippen LogP contribution in [-0.4, -0.2) is 12.7 Å². The highest BCUT2D eigenvalue weighted by Gasteiger charge is 2.20. The minimum Gasteiger partial charge on any atom is -0.374 e. The largest absolute Gasteiger partial charge is 0.374 e. The molecule has 0 aliphatic carbocycles. The maximum absolute atomic E-state index is 5.80. The minimum atomic E-state index is 0.506. The summed E-state index contributed by atoms with van der Waals surface area (Å²) in [7, 11) is 0. The van der Waals surface area contributed by atoms with E-state index in [1.807, 2.05) is 0 Å². The van der Waals surface area contributed by atoms with Crippen LogP contribution in [0.25, 0.3) is 0 Å². The fraction of sp³-hybridized carbons (Fsp3) is 0.846. The van der Waals surface area contributed by atoms with Gasteiger partial charge in [0.2, 0.25) is 0 Å². The molecule has 1 nitrogen and oxygen atoms in total. The van der Waals surface area contributed by atoms with Crippen LogP contribution < -0.4 is 0 Å². The van der Waals surface area contributed by atoms with Crippen molar-refractivity contribution >= 4 is 0 Å². The molecule has 0 unspecified atom stereocenters. The van der Waals surface area contributed by atoms with Gasteiger partial charge in [0.15, 0.2) is 0 Å². The van der Waals surface area contributed by atoms with Crippen molar-refractivity contribution in [1.29, 1.82) is 0 Å². The van der Waals surface area contributed by atoms with Gasteiger partial charge in [-0.2, -0.15) is 0 Å². The molecule has 0 N–H and O–H groups in total. The van der Waals surface area contributed by atoms with E-state index < -0.39 is 0 Å². The Balaban J connectivity index is 2.33. The quantitative estimate of drug-likeness (QED) is 0.585. The summed E-state index contributed by atoms with van der Waals surface area (Å²) in [5.41, 5.74) is 0. The number of unbranched alkanes of at least 4 members (excludes halogenated alkanes) is 2. The molecule has 0 radical (unpaired) electrons. The van der Waals surface area contributed by atoms with Crippen LogP contribution in [0.2, 0.25) is 0 Å². The van der Waals surface area contributed by atoms with Crippen LogP contribution in [0.5, 0.6) is 0 Å². The molecular formula is C13H24O. The summed E-state index contributed by atoms with van der Waals surface area (Å²) in [5, 5.41) is 0. The highest BCUT2D eigenvalue weighted by Crippen LogP contribution is 2.24. The number of hydrogen-bond acceptors (Lipinski definition) is 1. The summed E-state index contributed by atoms with van der Waals surface area (Å²) in [6.45, 7) is 5.34. The fourth-order valence-electron chi connectivity index (χ4n) is 2.08. The van der Waals surface area contributed by atoms with Crippen LogP contribution >= 0.6 is 0 Å². The van der Waals surface area contributed by atoms with Crippen LogP contribution in [-0.2, 0) is 4.74 Å². The Morgan fingerprint density at radius 1 is 1.14 bits per heavy atom. The normalized spacial score (nSPS) is 26.7. The van der Waals surface area contributed by atoms with Crippen molar-refractivity contribution < 1.29 is 4.74 Å². The Bertz CT molecular complexity index is 163. The SMILES string of the molecule is CCCC[C@H]1C=CCO[C@H]1CCCC. The second-order valence-electron chi connectivity index (χ2n) is 4.25. The Morgan fingerprint density at radius 3 is 2.57 bits per heavy atom. The molecule has 0 fully saturated rings. The van der Waals surface area contributed by atoms with Crippen LogP contribution in [0.1, 0.15) is 52.4 Å². The zero-order valence-corrected chi connectivity index (χ0v) is 9.67. The third kappa shape index (κ3) is 3.83. The molecule has 0 bridgehead atoms. The van der Waals surface area contributed by atoms with Crippen molar-refractivity contribution in [3.63, 3.8) is 0 Å². The molecule has 82 valence electrons. The van der Waals surface area contributed by atoms with E-state index in [2.05, 4.69) is 26.0 Å². The Hall–Kier alpha value is -0.300. The molecule has 1 aliphatic rings. The summed E-state index contributed by atoms with van der Waals surface area (Å²) < 4.78 is 5.80. The standard InChI is InChI=1S/C13H24O/c1-3-5-8-12-9-7-11-14-13(12)10-6-4-2/h7,9,12-13H,3-6,8,10-11H2,1-2H3/t12-,13-/m0/s1. The molecule has 1 heterocycles. The van der Waals surface area contributed by atoms with Gasteiger partial charge in [0, 0.05) is 5.92 Å². The summed E-state index contributed by atoms with van der Waals surface area (Å²) in [5.74, 6) is 0.690. The lowest BCUT2D eigenvalue weighted by Gasteiger charge is -2.27. The van der Waals surface area contributed by atoms with Gasteiger partial charge in [-0.25, -0.2) is 0 Å². The van der Waals surface area contributed by atoms with Crippen molar-refractivity contribution in [2.45, 2.75) is 58.5 Å². The van der Waals surface area contributed by atoms with E-state index in [0.717, 1.165) is 6.61 Å². The van der Waals surface area contributed by atoms with E-state index in [4.69, 9.17) is 4.74 Å². The van der Waals surface area contributed by atoms with Crippen LogP contribution in [0.4, 0.5) is 0 Å². The van der Waals surface area contributed by atoms with Gasteiger partial charge < -0.3 is 4.74 Å². The van der Waals surface area contributed by atoms with Gasteiger partial charge in [0.05, 0.1) is 12.7 Å². The van der Waals surface area contributed by atoms with E-state index in [0.29, 0.717) is 12.0 Å². The van der Waals surface area contributed by atoms with Gasteiger partial charge in [-0.1, -0.05) is 51.7 Å². The summed E-state index contributed by atoms with van der Waals surface area (Å²) in [6, 6.07) is 0. The monoisotopic (exact) mass is 196 g/mol. The van der Waals surface area contributed by atoms with Gasteiger partial charge in [-0.05, 0) is 12.8 Å². The Morgan fingerprint density at radius 2 is 1.86 bits per heavy atom. The van der Waals surface area contributed by atoms with Crippen LogP contribution in [0.3, 0.4) is 0 Å². The molecule has 0 saturated carbocycles. The maximum atomic E-state index is 5.80. The maximum Gasteiger partial charge on any atom is 0.0651 e. The van der Waals surface area contributed by atoms with Gasteiger partial charge in [-0.3, -0.25) is 0 Å². The summed E-state index contributed by atoms with van der Waals surface area (Å²) in [6.07, 6.45) is 12.8. The molecule has 0 aromatic rings. The van der Waals surface area contributed by atoms with Crippen molar-refractivity contribution in [3.05, 3.63) is 12.2 Å². The van der Waals surface area contributed by atoms with Crippen molar-refractivity contribution in [2.24, 2.45) is 5.92 Å². The lowest BCUT2D eigenvalue weighted by atomic mass is 9.91. The van der Waals surface area contributed by atoms with Gasteiger partial charge >= 0.3 is 0 Å². The minimum absolute atomic E-state index is 0.506. The first-order valence-corrected chi connectivity index (χ1v) is 6.16. The first kappa shape index (κ1) is 11.8. The highest BCUT2D eigenvalue weighted by molar-refractivity contribution is 4.96. The number of rotatable bonds is 6. The summed E-state index contributed by atoms with van der Waals surface area (Å²) >= 11 is 0. The number of hydrogen-bond donors (Lipinski definition) is 0. The smallest absolute Gasteiger partial charge is 0.0651 e.